The topological polar surface area (TPSA) is 60.7 Å². The maximum atomic E-state index is 8.41. The quantitative estimate of drug-likeness (QED) is 0.373. The predicted octanol–water partition coefficient (Wildman–Crippen LogP) is 0.0567. The molecule has 0 aliphatic heterocycles. The van der Waals surface area contributed by atoms with Gasteiger partial charge in [-0.1, -0.05) is 12.8 Å². The van der Waals surface area contributed by atoms with Crippen LogP contribution < -0.4 is 0 Å². The van der Waals surface area contributed by atoms with Crippen molar-refractivity contribution in [3.05, 3.63) is 0 Å². The average Bonchev–Trinajstić information content (AvgIpc) is 1.83. The lowest BCUT2D eigenvalue weighted by Gasteiger charge is -2.14. The third kappa shape index (κ3) is 5.86. The van der Waals surface area contributed by atoms with Crippen LogP contribution in [0.1, 0.15) is 27.2 Å². The van der Waals surface area contributed by atoms with Crippen LogP contribution in [0, 0.1) is 17.3 Å². The lowest BCUT2D eigenvalue weighted by Crippen LogP contribution is -2.25. The fourth-order valence-corrected chi connectivity index (χ4v) is 0.341. The van der Waals surface area contributed by atoms with Crippen molar-refractivity contribution in [3.63, 3.8) is 0 Å². The molecule has 0 heterocycles. The van der Waals surface area contributed by atoms with Crippen LogP contribution in [-0.4, -0.2) is 21.3 Å². The van der Waals surface area contributed by atoms with E-state index in [1.807, 2.05) is 26.7 Å². The lowest BCUT2D eigenvalue weighted by atomic mass is 9.91. The summed E-state index contributed by atoms with van der Waals surface area (Å²) in [5, 5.41) is 25.2. The molecule has 0 unspecified atom stereocenters. The number of rotatable bonds is 1. The molecule has 0 spiro atoms. The van der Waals surface area contributed by atoms with Crippen LogP contribution in [0.5, 0.6) is 0 Å². The molecule has 0 aliphatic carbocycles. The van der Waals surface area contributed by atoms with Crippen molar-refractivity contribution in [2.24, 2.45) is 5.41 Å². The van der Waals surface area contributed by atoms with E-state index in [1.54, 1.807) is 0 Å². The number of hydrogen-bond donors (Lipinski definition) is 3. The smallest absolute Gasteiger partial charge is 0.333 e. The maximum Gasteiger partial charge on any atom is 0.345 e. The van der Waals surface area contributed by atoms with Crippen LogP contribution in [0.25, 0.3) is 0 Å². The van der Waals surface area contributed by atoms with Gasteiger partial charge in [0.2, 0.25) is 0 Å². The van der Waals surface area contributed by atoms with Gasteiger partial charge in [0.1, 0.15) is 0 Å². The van der Waals surface area contributed by atoms with Crippen molar-refractivity contribution in [1.82, 2.24) is 0 Å². The molecule has 0 fully saturated rings. The van der Waals surface area contributed by atoms with Crippen molar-refractivity contribution in [1.29, 1.82) is 0 Å². The summed E-state index contributed by atoms with van der Waals surface area (Å²) >= 11 is 0. The molecular formula is C8H14O3. The molecule has 0 saturated heterocycles. The van der Waals surface area contributed by atoms with Gasteiger partial charge in [0, 0.05) is 5.41 Å². The second-order valence-corrected chi connectivity index (χ2v) is 3.12. The molecule has 11 heavy (non-hydrogen) atoms. The first-order valence-electron chi connectivity index (χ1n) is 3.48. The normalized spacial score (nSPS) is 12.2. The molecule has 0 amide bonds. The first-order valence-corrected chi connectivity index (χ1v) is 3.48. The summed E-state index contributed by atoms with van der Waals surface area (Å²) in [7, 11) is 0. The molecule has 0 aromatic heterocycles. The Balaban J connectivity index is 4.29. The molecule has 0 bridgehead atoms. The van der Waals surface area contributed by atoms with E-state index >= 15 is 0 Å². The average molecular weight is 158 g/mol. The Kier molecular flexibility index (Phi) is 3.06. The van der Waals surface area contributed by atoms with E-state index in [-0.39, 0.29) is 5.41 Å². The maximum absolute atomic E-state index is 8.41. The van der Waals surface area contributed by atoms with Crippen molar-refractivity contribution in [2.75, 3.05) is 0 Å². The fraction of sp³-hybridized carbons (Fsp3) is 0.750. The van der Waals surface area contributed by atoms with Crippen LogP contribution in [0.15, 0.2) is 0 Å². The standard InChI is InChI=1S/C8H14O3/c1-4-7(2,3)5-6-8(9,10)11/h9-11H,4H2,1-3H3. The summed E-state index contributed by atoms with van der Waals surface area (Å²) in [5.74, 6) is 1.62. The zero-order chi connectivity index (χ0) is 9.12. The van der Waals surface area contributed by atoms with Crippen molar-refractivity contribution in [2.45, 2.75) is 33.2 Å². The zero-order valence-electron chi connectivity index (χ0n) is 7.05. The molecule has 0 rings (SSSR count). The van der Waals surface area contributed by atoms with E-state index in [2.05, 4.69) is 5.92 Å². The van der Waals surface area contributed by atoms with E-state index in [0.29, 0.717) is 0 Å². The van der Waals surface area contributed by atoms with Crippen LogP contribution in [0.3, 0.4) is 0 Å². The van der Waals surface area contributed by atoms with E-state index in [1.165, 1.54) is 0 Å². The molecule has 64 valence electrons. The van der Waals surface area contributed by atoms with Gasteiger partial charge >= 0.3 is 5.97 Å². The van der Waals surface area contributed by atoms with Crippen LogP contribution in [0.4, 0.5) is 0 Å². The molecule has 0 aliphatic rings. The molecule has 0 aromatic carbocycles. The summed E-state index contributed by atoms with van der Waals surface area (Å²) in [6.07, 6.45) is 0.788. The summed E-state index contributed by atoms with van der Waals surface area (Å²) in [4.78, 5) is 0. The summed E-state index contributed by atoms with van der Waals surface area (Å²) in [6.45, 7) is 5.64. The Bertz CT molecular complexity index is 178. The van der Waals surface area contributed by atoms with Crippen molar-refractivity contribution in [3.8, 4) is 11.8 Å². The summed E-state index contributed by atoms with van der Waals surface area (Å²) in [5.41, 5.74) is -0.292. The van der Waals surface area contributed by atoms with Crippen LogP contribution in [0.2, 0.25) is 0 Å². The third-order valence-corrected chi connectivity index (χ3v) is 1.45. The van der Waals surface area contributed by atoms with Crippen molar-refractivity contribution >= 4 is 0 Å². The number of aliphatic hydroxyl groups is 3. The Morgan fingerprint density at radius 1 is 1.09 bits per heavy atom. The largest absolute Gasteiger partial charge is 0.345 e. The summed E-state index contributed by atoms with van der Waals surface area (Å²) in [6, 6.07) is 0. The highest BCUT2D eigenvalue weighted by Gasteiger charge is 2.16. The zero-order valence-corrected chi connectivity index (χ0v) is 7.05. The van der Waals surface area contributed by atoms with E-state index in [4.69, 9.17) is 15.3 Å². The molecule has 0 saturated carbocycles. The van der Waals surface area contributed by atoms with Gasteiger partial charge in [-0.05, 0) is 26.2 Å². The Hall–Kier alpha value is -0.560. The molecule has 3 N–H and O–H groups in total. The van der Waals surface area contributed by atoms with Gasteiger partial charge in [0.25, 0.3) is 0 Å². The molecule has 3 nitrogen and oxygen atoms in total. The van der Waals surface area contributed by atoms with Gasteiger partial charge in [-0.2, -0.15) is 0 Å². The van der Waals surface area contributed by atoms with Gasteiger partial charge in [-0.3, -0.25) is 0 Å². The third-order valence-electron chi connectivity index (χ3n) is 1.45. The van der Waals surface area contributed by atoms with E-state index in [9.17, 15) is 0 Å². The van der Waals surface area contributed by atoms with E-state index in [0.717, 1.165) is 6.42 Å². The number of hydrogen-bond acceptors (Lipinski definition) is 3. The van der Waals surface area contributed by atoms with Gasteiger partial charge in [-0.15, -0.1) is 0 Å². The fourth-order valence-electron chi connectivity index (χ4n) is 0.341. The molecule has 0 radical (unpaired) electrons. The van der Waals surface area contributed by atoms with Gasteiger partial charge in [-0.25, -0.2) is 0 Å². The SMILES string of the molecule is CCC(C)(C)C#CC(O)(O)O. The highest BCUT2D eigenvalue weighted by Crippen LogP contribution is 2.17. The predicted molar refractivity (Wildman–Crippen MR) is 41.2 cm³/mol. The minimum absolute atomic E-state index is 0.292. The van der Waals surface area contributed by atoms with Gasteiger partial charge in [0.05, 0.1) is 0 Å². The first kappa shape index (κ1) is 10.4. The molecule has 0 aromatic rings. The molecule has 3 heteroatoms. The van der Waals surface area contributed by atoms with E-state index < -0.39 is 5.97 Å². The minimum Gasteiger partial charge on any atom is -0.333 e. The van der Waals surface area contributed by atoms with Crippen molar-refractivity contribution < 1.29 is 15.3 Å². The second-order valence-electron chi connectivity index (χ2n) is 3.12. The Labute approximate surface area is 66.7 Å². The lowest BCUT2D eigenvalue weighted by molar-refractivity contribution is -0.265. The highest BCUT2D eigenvalue weighted by atomic mass is 16.7. The highest BCUT2D eigenvalue weighted by molar-refractivity contribution is 5.11. The Morgan fingerprint density at radius 2 is 1.55 bits per heavy atom. The first-order chi connectivity index (χ1) is 4.77. The second kappa shape index (κ2) is 3.22. The van der Waals surface area contributed by atoms with Gasteiger partial charge < -0.3 is 15.3 Å². The Morgan fingerprint density at radius 3 is 1.82 bits per heavy atom. The molecular weight excluding hydrogens is 144 g/mol. The van der Waals surface area contributed by atoms with Gasteiger partial charge in [0.15, 0.2) is 0 Å². The monoisotopic (exact) mass is 158 g/mol. The minimum atomic E-state index is -2.85. The summed E-state index contributed by atoms with van der Waals surface area (Å²) < 4.78 is 0. The van der Waals surface area contributed by atoms with Crippen LogP contribution >= 0.6 is 0 Å². The van der Waals surface area contributed by atoms with Crippen LogP contribution in [-0.2, 0) is 0 Å². The molecule has 0 atom stereocenters.